The first kappa shape index (κ1) is 17.1. The Labute approximate surface area is 151 Å². The molecule has 0 fully saturated rings. The Kier molecular flexibility index (Phi) is 4.83. The highest BCUT2D eigenvalue weighted by Crippen LogP contribution is 2.31. The molecule has 126 valence electrons. The highest BCUT2D eigenvalue weighted by Gasteiger charge is 2.16. The summed E-state index contributed by atoms with van der Waals surface area (Å²) in [6, 6.07) is 13.7. The molecule has 0 aliphatic rings. The van der Waals surface area contributed by atoms with Gasteiger partial charge >= 0.3 is 5.97 Å². The normalized spacial score (nSPS) is 10.5. The Bertz CT molecular complexity index is 970. The highest BCUT2D eigenvalue weighted by atomic mass is 35.5. The van der Waals surface area contributed by atoms with Crippen molar-refractivity contribution < 1.29 is 19.1 Å². The van der Waals surface area contributed by atoms with E-state index in [1.54, 1.807) is 30.3 Å². The van der Waals surface area contributed by atoms with Crippen molar-refractivity contribution in [3.05, 3.63) is 75.9 Å². The highest BCUT2D eigenvalue weighted by molar-refractivity contribution is 7.17. The summed E-state index contributed by atoms with van der Waals surface area (Å²) in [5, 5.41) is 12.0. The van der Waals surface area contributed by atoms with E-state index in [4.69, 9.17) is 11.6 Å². The lowest BCUT2D eigenvalue weighted by molar-refractivity contribution is 0.0698. The van der Waals surface area contributed by atoms with Crippen molar-refractivity contribution in [1.82, 2.24) is 0 Å². The van der Waals surface area contributed by atoms with Gasteiger partial charge in [0, 0.05) is 15.5 Å². The Morgan fingerprint density at radius 1 is 1.08 bits per heavy atom. The van der Waals surface area contributed by atoms with Gasteiger partial charge in [-0.25, -0.2) is 9.18 Å². The average Bonchev–Trinajstić information content (AvgIpc) is 3.06. The molecular formula is C18H11ClFNO3S. The Morgan fingerprint density at radius 2 is 1.84 bits per heavy atom. The third kappa shape index (κ3) is 3.70. The van der Waals surface area contributed by atoms with Crippen molar-refractivity contribution in [3.63, 3.8) is 0 Å². The maximum atomic E-state index is 13.8. The van der Waals surface area contributed by atoms with Crippen molar-refractivity contribution in [2.45, 2.75) is 0 Å². The van der Waals surface area contributed by atoms with Crippen LogP contribution in [0.4, 0.5) is 10.1 Å². The molecule has 4 nitrogen and oxygen atoms in total. The smallest absolute Gasteiger partial charge is 0.337 e. The van der Waals surface area contributed by atoms with Crippen LogP contribution < -0.4 is 5.32 Å². The molecule has 2 aromatic carbocycles. The fourth-order valence-electron chi connectivity index (χ4n) is 2.25. The zero-order valence-electron chi connectivity index (χ0n) is 12.6. The summed E-state index contributed by atoms with van der Waals surface area (Å²) in [6.45, 7) is 0. The van der Waals surface area contributed by atoms with E-state index < -0.39 is 11.9 Å². The van der Waals surface area contributed by atoms with Gasteiger partial charge in [0.05, 0.1) is 16.1 Å². The minimum Gasteiger partial charge on any atom is -0.478 e. The molecule has 7 heteroatoms. The van der Waals surface area contributed by atoms with Gasteiger partial charge in [-0.05, 0) is 36.4 Å². The summed E-state index contributed by atoms with van der Waals surface area (Å²) in [7, 11) is 0. The molecule has 0 aliphatic carbocycles. The van der Waals surface area contributed by atoms with E-state index in [1.165, 1.54) is 24.3 Å². The molecule has 2 N–H and O–H groups in total. The second-order valence-electron chi connectivity index (χ2n) is 5.09. The summed E-state index contributed by atoms with van der Waals surface area (Å²) in [4.78, 5) is 24.6. The average molecular weight is 376 g/mol. The van der Waals surface area contributed by atoms with Crippen molar-refractivity contribution in [2.75, 3.05) is 5.32 Å². The number of carboxylic acids is 1. The van der Waals surface area contributed by atoms with Crippen LogP contribution in [0.15, 0.2) is 54.6 Å². The molecule has 25 heavy (non-hydrogen) atoms. The number of nitrogens with one attached hydrogen (secondary N) is 1. The lowest BCUT2D eigenvalue weighted by Crippen LogP contribution is -2.13. The molecular weight excluding hydrogens is 365 g/mol. The fourth-order valence-corrected chi connectivity index (χ4v) is 3.35. The van der Waals surface area contributed by atoms with Crippen molar-refractivity contribution in [1.29, 1.82) is 0 Å². The Balaban J connectivity index is 1.86. The van der Waals surface area contributed by atoms with E-state index in [2.05, 4.69) is 5.32 Å². The van der Waals surface area contributed by atoms with Crippen LogP contribution in [0.3, 0.4) is 0 Å². The third-order valence-corrected chi connectivity index (χ3v) is 4.78. The number of anilines is 1. The van der Waals surface area contributed by atoms with Crippen molar-refractivity contribution in [3.8, 4) is 10.4 Å². The number of carbonyl (C=O) groups is 2. The standard InChI is InChI=1S/C18H11ClFNO3S/c19-10-5-6-14(12(9-10)18(23)24)21-17(22)16-8-7-15(25-16)11-3-1-2-4-13(11)20/h1-9H,(H,21,22)(H,23,24). The fraction of sp³-hybridized carbons (Fsp3) is 0. The van der Waals surface area contributed by atoms with Gasteiger partial charge in [0.15, 0.2) is 0 Å². The number of amides is 1. The number of aromatic carboxylic acids is 1. The second-order valence-corrected chi connectivity index (χ2v) is 6.61. The van der Waals surface area contributed by atoms with Crippen molar-refractivity contribution in [2.24, 2.45) is 0 Å². The van der Waals surface area contributed by atoms with Gasteiger partial charge in [-0.2, -0.15) is 0 Å². The topological polar surface area (TPSA) is 66.4 Å². The van der Waals surface area contributed by atoms with Gasteiger partial charge in [0.1, 0.15) is 5.82 Å². The quantitative estimate of drug-likeness (QED) is 0.662. The minimum atomic E-state index is -1.20. The zero-order valence-corrected chi connectivity index (χ0v) is 14.2. The first-order chi connectivity index (χ1) is 12.0. The van der Waals surface area contributed by atoms with Crippen LogP contribution in [0.1, 0.15) is 20.0 Å². The monoisotopic (exact) mass is 375 g/mol. The number of rotatable bonds is 4. The zero-order chi connectivity index (χ0) is 18.0. The number of halogens is 2. The molecule has 0 bridgehead atoms. The number of carboxylic acid groups (broad SMARTS) is 1. The number of hydrogen-bond acceptors (Lipinski definition) is 3. The van der Waals surface area contributed by atoms with E-state index in [9.17, 15) is 19.1 Å². The van der Waals surface area contributed by atoms with Gasteiger partial charge in [-0.1, -0.05) is 29.8 Å². The van der Waals surface area contributed by atoms with Gasteiger partial charge in [0.2, 0.25) is 0 Å². The van der Waals surface area contributed by atoms with Crippen LogP contribution in [0.5, 0.6) is 0 Å². The number of thiophene rings is 1. The van der Waals surface area contributed by atoms with E-state index in [0.29, 0.717) is 15.3 Å². The molecule has 0 unspecified atom stereocenters. The molecule has 0 aliphatic heterocycles. The third-order valence-electron chi connectivity index (χ3n) is 3.43. The van der Waals surface area contributed by atoms with Crippen LogP contribution in [0.25, 0.3) is 10.4 Å². The van der Waals surface area contributed by atoms with Crippen LogP contribution in [0, 0.1) is 5.82 Å². The van der Waals surface area contributed by atoms with Crippen molar-refractivity contribution >= 4 is 40.5 Å². The second kappa shape index (κ2) is 7.04. The van der Waals surface area contributed by atoms with Crippen LogP contribution in [-0.2, 0) is 0 Å². The summed E-state index contributed by atoms with van der Waals surface area (Å²) in [6.07, 6.45) is 0. The van der Waals surface area contributed by atoms with Gasteiger partial charge < -0.3 is 10.4 Å². The minimum absolute atomic E-state index is 0.105. The van der Waals surface area contributed by atoms with E-state index >= 15 is 0 Å². The molecule has 1 amide bonds. The Morgan fingerprint density at radius 3 is 2.56 bits per heavy atom. The first-order valence-corrected chi connectivity index (χ1v) is 8.34. The summed E-state index contributed by atoms with van der Waals surface area (Å²) in [5.41, 5.74) is 0.443. The largest absolute Gasteiger partial charge is 0.478 e. The Hall–Kier alpha value is -2.70. The summed E-state index contributed by atoms with van der Waals surface area (Å²) >= 11 is 6.91. The van der Waals surface area contributed by atoms with Gasteiger partial charge in [-0.3, -0.25) is 4.79 Å². The van der Waals surface area contributed by atoms with Gasteiger partial charge in [0.25, 0.3) is 5.91 Å². The van der Waals surface area contributed by atoms with E-state index in [-0.39, 0.29) is 22.1 Å². The van der Waals surface area contributed by atoms with Crippen LogP contribution in [0.2, 0.25) is 5.02 Å². The van der Waals surface area contributed by atoms with E-state index in [0.717, 1.165) is 11.3 Å². The molecule has 0 spiro atoms. The molecule has 1 aromatic heterocycles. The number of benzene rings is 2. The van der Waals surface area contributed by atoms with Gasteiger partial charge in [-0.15, -0.1) is 11.3 Å². The first-order valence-electron chi connectivity index (χ1n) is 7.14. The number of carbonyl (C=O) groups excluding carboxylic acids is 1. The van der Waals surface area contributed by atoms with Crippen LogP contribution >= 0.6 is 22.9 Å². The van der Waals surface area contributed by atoms with E-state index in [1.807, 2.05) is 0 Å². The molecule has 1 heterocycles. The molecule has 3 rings (SSSR count). The maximum absolute atomic E-state index is 13.8. The number of hydrogen-bond donors (Lipinski definition) is 2. The molecule has 3 aromatic rings. The summed E-state index contributed by atoms with van der Waals surface area (Å²) < 4.78 is 13.8. The lowest BCUT2D eigenvalue weighted by atomic mass is 10.1. The predicted octanol–water partition coefficient (Wildman–Crippen LogP) is 5.16. The molecule has 0 radical (unpaired) electrons. The molecule has 0 saturated carbocycles. The molecule has 0 saturated heterocycles. The predicted molar refractivity (Wildman–Crippen MR) is 96.1 cm³/mol. The summed E-state index contributed by atoms with van der Waals surface area (Å²) in [5.74, 6) is -2.05. The maximum Gasteiger partial charge on any atom is 0.337 e. The molecule has 0 atom stereocenters. The lowest BCUT2D eigenvalue weighted by Gasteiger charge is -2.07. The van der Waals surface area contributed by atoms with Crippen LogP contribution in [-0.4, -0.2) is 17.0 Å². The SMILES string of the molecule is O=C(Nc1ccc(Cl)cc1C(=O)O)c1ccc(-c2ccccc2F)s1.